The van der Waals surface area contributed by atoms with Crippen LogP contribution in [0.15, 0.2) is 72.9 Å². The molecule has 2 N–H and O–H groups in total. The summed E-state index contributed by atoms with van der Waals surface area (Å²) < 4.78 is 39.4. The van der Waals surface area contributed by atoms with E-state index < -0.39 is 57.8 Å². The van der Waals surface area contributed by atoms with Gasteiger partial charge in [-0.2, -0.15) is 0 Å². The molecule has 70 heavy (non-hydrogen) atoms. The lowest BCUT2D eigenvalue weighted by molar-refractivity contribution is -0.161. The molecule has 0 aromatic heterocycles. The van der Waals surface area contributed by atoms with Gasteiger partial charge in [-0.1, -0.05) is 222 Å². The van der Waals surface area contributed by atoms with Crippen LogP contribution < -0.4 is 0 Å². The van der Waals surface area contributed by atoms with E-state index in [0.717, 1.165) is 96.3 Å². The van der Waals surface area contributed by atoms with E-state index in [4.69, 9.17) is 23.3 Å². The highest BCUT2D eigenvalue weighted by Gasteiger charge is 2.28. The zero-order valence-corrected chi connectivity index (χ0v) is 45.4. The first-order chi connectivity index (χ1) is 34.2. The van der Waals surface area contributed by atoms with Crippen molar-refractivity contribution in [3.8, 4) is 0 Å². The molecular formula is C58H101O11P. The molecule has 0 saturated heterocycles. The Labute approximate surface area is 427 Å². The van der Waals surface area contributed by atoms with Crippen LogP contribution >= 0.6 is 7.82 Å². The fourth-order valence-electron chi connectivity index (χ4n) is 7.41. The number of ether oxygens (including phenoxy) is 3. The number of hydrogen-bond acceptors (Lipinski definition) is 10. The van der Waals surface area contributed by atoms with Gasteiger partial charge in [-0.25, -0.2) is 4.57 Å². The first-order valence-electron chi connectivity index (χ1n) is 27.8. The normalized spacial score (nSPS) is 14.0. The van der Waals surface area contributed by atoms with E-state index in [1.807, 2.05) is 12.2 Å². The fourth-order valence-corrected chi connectivity index (χ4v) is 8.19. The van der Waals surface area contributed by atoms with Crippen LogP contribution in [0.2, 0.25) is 0 Å². The number of unbranched alkanes of at least 4 members (excludes halogenated alkanes) is 22. The van der Waals surface area contributed by atoms with Gasteiger partial charge in [0, 0.05) is 19.3 Å². The number of carbonyl (C=O) groups excluding carboxylic acids is 3. The van der Waals surface area contributed by atoms with Crippen molar-refractivity contribution in [2.75, 3.05) is 26.4 Å². The van der Waals surface area contributed by atoms with Crippen LogP contribution in [-0.2, 0) is 42.2 Å². The molecular weight excluding hydrogens is 904 g/mol. The average Bonchev–Trinajstić information content (AvgIpc) is 3.35. The molecule has 0 bridgehead atoms. The zero-order valence-electron chi connectivity index (χ0n) is 44.5. The quantitative estimate of drug-likeness (QED) is 0.0197. The molecule has 0 aromatic carbocycles. The molecule has 11 nitrogen and oxygen atoms in total. The van der Waals surface area contributed by atoms with E-state index in [2.05, 4.69) is 81.5 Å². The van der Waals surface area contributed by atoms with Crippen molar-refractivity contribution in [3.63, 3.8) is 0 Å². The number of allylic oxidation sites excluding steroid dienone is 12. The summed E-state index contributed by atoms with van der Waals surface area (Å²) in [6.45, 7) is 4.38. The summed E-state index contributed by atoms with van der Waals surface area (Å²) in [4.78, 5) is 48.4. The van der Waals surface area contributed by atoms with E-state index in [-0.39, 0.29) is 25.9 Å². The lowest BCUT2D eigenvalue weighted by atomic mass is 10.0. The molecule has 0 saturated carbocycles. The molecule has 0 rings (SSSR count). The molecule has 0 amide bonds. The summed E-state index contributed by atoms with van der Waals surface area (Å²) in [5.41, 5.74) is 0. The van der Waals surface area contributed by atoms with Gasteiger partial charge in [-0.3, -0.25) is 23.4 Å². The van der Waals surface area contributed by atoms with Crippen LogP contribution in [0, 0.1) is 0 Å². The van der Waals surface area contributed by atoms with Crippen LogP contribution in [0.5, 0.6) is 0 Å². The Balaban J connectivity index is 4.78. The minimum atomic E-state index is -4.76. The van der Waals surface area contributed by atoms with Crippen molar-refractivity contribution in [1.82, 2.24) is 0 Å². The van der Waals surface area contributed by atoms with Gasteiger partial charge >= 0.3 is 25.7 Å². The first kappa shape index (κ1) is 66.9. The highest BCUT2D eigenvalue weighted by molar-refractivity contribution is 7.47. The number of esters is 3. The third-order valence-electron chi connectivity index (χ3n) is 11.6. The maximum absolute atomic E-state index is 12.9. The molecule has 0 fully saturated rings. The van der Waals surface area contributed by atoms with Crippen molar-refractivity contribution in [2.45, 2.75) is 251 Å². The molecule has 0 heterocycles. The molecule has 0 radical (unpaired) electrons. The third-order valence-corrected chi connectivity index (χ3v) is 12.6. The maximum atomic E-state index is 12.9. The van der Waals surface area contributed by atoms with E-state index in [1.165, 1.54) is 83.5 Å². The van der Waals surface area contributed by atoms with Crippen LogP contribution in [0.4, 0.5) is 0 Å². The van der Waals surface area contributed by atoms with Crippen LogP contribution in [0.25, 0.3) is 0 Å². The third kappa shape index (κ3) is 49.9. The van der Waals surface area contributed by atoms with E-state index in [9.17, 15) is 28.9 Å². The minimum absolute atomic E-state index is 0.105. The van der Waals surface area contributed by atoms with Crippen LogP contribution in [0.1, 0.15) is 239 Å². The molecule has 0 aliphatic rings. The number of phosphoric acid groups is 1. The predicted octanol–water partition coefficient (Wildman–Crippen LogP) is 16.1. The summed E-state index contributed by atoms with van der Waals surface area (Å²) in [5, 5.41) is 9.79. The SMILES string of the molecule is CC/C=C\C/C=C\C/C=C\C/C=C\CCC(=O)OCC(COP(=O)(O)OCC(CO)OC(=O)CCCCCCC/C=C\C/C=C\CCC)OC(=O)CCCCCCCCCCCCCCCCCCC. The van der Waals surface area contributed by atoms with Gasteiger partial charge in [0.1, 0.15) is 12.7 Å². The van der Waals surface area contributed by atoms with E-state index in [0.29, 0.717) is 19.3 Å². The molecule has 3 atom stereocenters. The number of rotatable bonds is 51. The highest BCUT2D eigenvalue weighted by Crippen LogP contribution is 2.43. The van der Waals surface area contributed by atoms with Gasteiger partial charge in [-0.15, -0.1) is 0 Å². The number of aliphatic hydroxyl groups is 1. The Hall–Kier alpha value is -3.08. The Morgan fingerprint density at radius 3 is 1.26 bits per heavy atom. The lowest BCUT2D eigenvalue weighted by Crippen LogP contribution is -2.30. The van der Waals surface area contributed by atoms with Gasteiger partial charge in [-0.05, 0) is 70.6 Å². The molecule has 3 unspecified atom stereocenters. The van der Waals surface area contributed by atoms with Gasteiger partial charge in [0.25, 0.3) is 0 Å². The first-order valence-corrected chi connectivity index (χ1v) is 29.3. The highest BCUT2D eigenvalue weighted by atomic mass is 31.2. The molecule has 0 aliphatic heterocycles. The second-order valence-electron chi connectivity index (χ2n) is 18.4. The molecule has 404 valence electrons. The summed E-state index contributed by atoms with van der Waals surface area (Å²) >= 11 is 0. The van der Waals surface area contributed by atoms with Crippen molar-refractivity contribution < 1.29 is 52.2 Å². The fraction of sp³-hybridized carbons (Fsp3) is 0.741. The molecule has 0 aromatic rings. The van der Waals surface area contributed by atoms with Crippen LogP contribution in [-0.4, -0.2) is 66.5 Å². The Morgan fingerprint density at radius 2 is 0.800 bits per heavy atom. The standard InChI is InChI=1S/C58H101O11P/c1-4-7-10-13-16-19-22-25-26-27-28-31-34-37-40-43-46-49-58(62)69-55(51-65-56(60)47-44-41-38-35-32-29-23-20-17-14-11-8-5-2)53-67-70(63,64)66-52-54(50-59)68-57(61)48-45-42-39-36-33-30-24-21-18-15-12-9-6-3/h8,11-12,15,17,20-21,24,29,32,38,41,54-55,59H,4-7,9-10,13-14,16,18-19,22-23,25-28,30-31,33-37,39-40,42-53H2,1-3H3,(H,63,64)/b11-8-,15-12-,20-17-,24-21-,32-29-,41-38-. The minimum Gasteiger partial charge on any atom is -0.462 e. The Morgan fingerprint density at radius 1 is 0.414 bits per heavy atom. The van der Waals surface area contributed by atoms with Gasteiger partial charge in [0.2, 0.25) is 0 Å². The topological polar surface area (TPSA) is 155 Å². The smallest absolute Gasteiger partial charge is 0.462 e. The van der Waals surface area contributed by atoms with Gasteiger partial charge in [0.05, 0.1) is 19.8 Å². The molecule has 0 aliphatic carbocycles. The summed E-state index contributed by atoms with van der Waals surface area (Å²) in [6, 6.07) is 0. The lowest BCUT2D eigenvalue weighted by Gasteiger charge is -2.21. The number of hydrogen-bond donors (Lipinski definition) is 2. The number of aliphatic hydroxyl groups excluding tert-OH is 1. The van der Waals surface area contributed by atoms with Crippen LogP contribution in [0.3, 0.4) is 0 Å². The van der Waals surface area contributed by atoms with Crippen molar-refractivity contribution in [3.05, 3.63) is 72.9 Å². The predicted molar refractivity (Wildman–Crippen MR) is 288 cm³/mol. The largest absolute Gasteiger partial charge is 0.472 e. The summed E-state index contributed by atoms with van der Waals surface area (Å²) in [5.74, 6) is -1.57. The van der Waals surface area contributed by atoms with E-state index >= 15 is 0 Å². The number of carbonyl (C=O) groups is 3. The average molecular weight is 1010 g/mol. The van der Waals surface area contributed by atoms with Crippen molar-refractivity contribution in [1.29, 1.82) is 0 Å². The van der Waals surface area contributed by atoms with Crippen molar-refractivity contribution in [2.24, 2.45) is 0 Å². The van der Waals surface area contributed by atoms with E-state index in [1.54, 1.807) is 0 Å². The van der Waals surface area contributed by atoms with Gasteiger partial charge in [0.15, 0.2) is 6.10 Å². The molecule has 0 spiro atoms. The monoisotopic (exact) mass is 1000 g/mol. The van der Waals surface area contributed by atoms with Gasteiger partial charge < -0.3 is 24.2 Å². The zero-order chi connectivity index (χ0) is 51.3. The second-order valence-corrected chi connectivity index (χ2v) is 19.8. The molecule has 12 heteroatoms. The van der Waals surface area contributed by atoms with Crippen molar-refractivity contribution >= 4 is 25.7 Å². The summed E-state index contributed by atoms with van der Waals surface area (Å²) in [6.07, 6.45) is 57.4. The Bertz CT molecular complexity index is 1450. The number of phosphoric ester groups is 1. The summed E-state index contributed by atoms with van der Waals surface area (Å²) in [7, 11) is -4.76. The second kappa shape index (κ2) is 52.2. The Kier molecular flexibility index (Phi) is 50.0. The maximum Gasteiger partial charge on any atom is 0.472 e.